The maximum absolute atomic E-state index is 13.0. The highest BCUT2D eigenvalue weighted by Gasteiger charge is 2.29. The van der Waals surface area contributed by atoms with E-state index < -0.39 is 27.1 Å². The second-order valence-corrected chi connectivity index (χ2v) is 7.04. The number of nitro groups is 2. The van der Waals surface area contributed by atoms with Gasteiger partial charge in [0.2, 0.25) is 0 Å². The number of benzene rings is 3. The molecule has 9 heteroatoms. The first-order valence-corrected chi connectivity index (χ1v) is 9.33. The number of nitro benzene ring substituents is 2. The number of hydrogen-bond acceptors (Lipinski definition) is 5. The lowest BCUT2D eigenvalue weighted by Crippen LogP contribution is -2.25. The van der Waals surface area contributed by atoms with Crippen LogP contribution in [0, 0.1) is 27.2 Å². The summed E-state index contributed by atoms with van der Waals surface area (Å²) in [5.41, 5.74) is 2.19. The van der Waals surface area contributed by atoms with Crippen molar-refractivity contribution in [3.8, 4) is 0 Å². The van der Waals surface area contributed by atoms with E-state index in [1.807, 2.05) is 60.4 Å². The number of non-ortho nitro benzene ring substituents is 1. The summed E-state index contributed by atoms with van der Waals surface area (Å²) < 4.78 is 0. The molecule has 0 bridgehead atoms. The van der Waals surface area contributed by atoms with Gasteiger partial charge in [0.25, 0.3) is 17.3 Å². The van der Waals surface area contributed by atoms with Crippen molar-refractivity contribution in [3.63, 3.8) is 0 Å². The zero-order chi connectivity index (χ0) is 22.1. The summed E-state index contributed by atoms with van der Waals surface area (Å²) in [5.74, 6) is -0.470. The molecule has 4 rings (SSSR count). The predicted octanol–water partition coefficient (Wildman–Crippen LogP) is 4.42. The van der Waals surface area contributed by atoms with Crippen LogP contribution in [-0.2, 0) is 6.54 Å². The lowest BCUT2D eigenvalue weighted by molar-refractivity contribution is -0.394. The Kier molecular flexibility index (Phi) is 5.00. The van der Waals surface area contributed by atoms with Crippen molar-refractivity contribution in [3.05, 3.63) is 109 Å². The largest absolute Gasteiger partial charge is 0.321 e. The predicted molar refractivity (Wildman–Crippen MR) is 114 cm³/mol. The minimum atomic E-state index is -0.842. The van der Waals surface area contributed by atoms with Crippen molar-refractivity contribution in [2.24, 2.45) is 4.99 Å². The van der Waals surface area contributed by atoms with Gasteiger partial charge in [-0.1, -0.05) is 42.0 Å². The fourth-order valence-corrected chi connectivity index (χ4v) is 3.45. The molecule has 0 spiro atoms. The Hall–Kier alpha value is -4.40. The second kappa shape index (κ2) is 7.79. The van der Waals surface area contributed by atoms with Crippen LogP contribution < -0.4 is 4.90 Å². The number of amidine groups is 1. The lowest BCUT2D eigenvalue weighted by Gasteiger charge is -2.19. The molecule has 31 heavy (non-hydrogen) atoms. The van der Waals surface area contributed by atoms with Gasteiger partial charge >= 0.3 is 0 Å². The van der Waals surface area contributed by atoms with Gasteiger partial charge in [-0.25, -0.2) is 0 Å². The summed E-state index contributed by atoms with van der Waals surface area (Å²) in [6, 6.07) is 18.1. The molecule has 9 nitrogen and oxygen atoms in total. The Morgan fingerprint density at radius 1 is 0.968 bits per heavy atom. The smallest absolute Gasteiger partial charge is 0.289 e. The number of fused-ring (bicyclic) bond motifs is 1. The molecule has 0 N–H and O–H groups in total. The molecule has 0 radical (unpaired) electrons. The molecular weight excluding hydrogens is 400 g/mol. The molecule has 0 aromatic heterocycles. The quantitative estimate of drug-likeness (QED) is 0.459. The van der Waals surface area contributed by atoms with Gasteiger partial charge in [-0.2, -0.15) is 4.99 Å². The van der Waals surface area contributed by atoms with E-state index in [4.69, 9.17) is 0 Å². The average Bonchev–Trinajstić information content (AvgIpc) is 3.12. The first kappa shape index (κ1) is 19.9. The van der Waals surface area contributed by atoms with E-state index >= 15 is 0 Å². The number of rotatable bonds is 4. The van der Waals surface area contributed by atoms with Crippen LogP contribution in [-0.4, -0.2) is 21.6 Å². The van der Waals surface area contributed by atoms with Gasteiger partial charge in [-0.05, 0) is 30.7 Å². The minimum Gasteiger partial charge on any atom is -0.321 e. The maximum atomic E-state index is 13.0. The third-order valence-electron chi connectivity index (χ3n) is 5.01. The van der Waals surface area contributed by atoms with Crippen LogP contribution in [0.4, 0.5) is 17.1 Å². The molecule has 3 aromatic rings. The normalized spacial score (nSPS) is 13.8. The number of amides is 1. The molecule has 1 aliphatic rings. The van der Waals surface area contributed by atoms with Crippen LogP contribution in [0.2, 0.25) is 0 Å². The van der Waals surface area contributed by atoms with Crippen molar-refractivity contribution < 1.29 is 14.6 Å². The Morgan fingerprint density at radius 3 is 2.35 bits per heavy atom. The number of carbonyl (C=O) groups excluding carboxylic acids is 1. The van der Waals surface area contributed by atoms with E-state index in [1.165, 1.54) is 0 Å². The molecule has 0 fully saturated rings. The standard InChI is InChI=1S/C22H16N4O5/c1-14-6-8-16(9-7-14)24-13-15-4-2-3-5-18(15)21(24)23-22(27)19-11-10-17(25(28)29)12-20(19)26(30)31/h2-12H,13H2,1H3. The highest BCUT2D eigenvalue weighted by atomic mass is 16.6. The Labute approximate surface area is 176 Å². The van der Waals surface area contributed by atoms with Crippen LogP contribution in [0.25, 0.3) is 0 Å². The van der Waals surface area contributed by atoms with Crippen LogP contribution >= 0.6 is 0 Å². The Bertz CT molecular complexity index is 1250. The number of aryl methyl sites for hydroxylation is 1. The van der Waals surface area contributed by atoms with E-state index in [0.29, 0.717) is 12.4 Å². The molecule has 1 heterocycles. The molecule has 3 aromatic carbocycles. The summed E-state index contributed by atoms with van der Waals surface area (Å²) in [4.78, 5) is 39.9. The van der Waals surface area contributed by atoms with Crippen LogP contribution in [0.3, 0.4) is 0 Å². The van der Waals surface area contributed by atoms with Gasteiger partial charge in [0.15, 0.2) is 0 Å². The monoisotopic (exact) mass is 416 g/mol. The summed E-state index contributed by atoms with van der Waals surface area (Å²) in [6.45, 7) is 2.46. The van der Waals surface area contributed by atoms with Gasteiger partial charge < -0.3 is 4.90 Å². The second-order valence-electron chi connectivity index (χ2n) is 7.04. The SMILES string of the molecule is Cc1ccc(N2Cc3ccccc3C2=NC(=O)c2ccc([N+](=O)[O-])cc2[N+](=O)[O-])cc1. The average molecular weight is 416 g/mol. The molecule has 0 aliphatic carbocycles. The molecule has 0 atom stereocenters. The zero-order valence-electron chi connectivity index (χ0n) is 16.4. The highest BCUT2D eigenvalue weighted by molar-refractivity contribution is 6.19. The van der Waals surface area contributed by atoms with E-state index in [1.54, 1.807) is 0 Å². The molecular formula is C22H16N4O5. The molecule has 1 aliphatic heterocycles. The molecule has 0 saturated heterocycles. The van der Waals surface area contributed by atoms with E-state index in [0.717, 1.165) is 40.6 Å². The van der Waals surface area contributed by atoms with Gasteiger partial charge in [-0.3, -0.25) is 25.0 Å². The fraction of sp³-hybridized carbons (Fsp3) is 0.0909. The third kappa shape index (κ3) is 3.76. The van der Waals surface area contributed by atoms with Crippen molar-refractivity contribution in [1.29, 1.82) is 0 Å². The summed E-state index contributed by atoms with van der Waals surface area (Å²) in [6.07, 6.45) is 0. The summed E-state index contributed by atoms with van der Waals surface area (Å²) in [5, 5.41) is 22.4. The number of aliphatic imine (C=N–C) groups is 1. The molecule has 1 amide bonds. The number of carbonyl (C=O) groups is 1. The zero-order valence-corrected chi connectivity index (χ0v) is 16.4. The van der Waals surface area contributed by atoms with E-state index in [-0.39, 0.29) is 5.56 Å². The number of nitrogens with zero attached hydrogens (tertiary/aromatic N) is 4. The number of hydrogen-bond donors (Lipinski definition) is 0. The minimum absolute atomic E-state index is 0.309. The van der Waals surface area contributed by atoms with E-state index in [9.17, 15) is 25.0 Å². The molecule has 0 saturated carbocycles. The Morgan fingerprint density at radius 2 is 1.68 bits per heavy atom. The van der Waals surface area contributed by atoms with Gasteiger partial charge in [0.05, 0.1) is 22.5 Å². The van der Waals surface area contributed by atoms with Crippen LogP contribution in [0.5, 0.6) is 0 Å². The number of anilines is 1. The molecule has 0 unspecified atom stereocenters. The summed E-state index contributed by atoms with van der Waals surface area (Å²) >= 11 is 0. The highest BCUT2D eigenvalue weighted by Crippen LogP contribution is 2.30. The van der Waals surface area contributed by atoms with Crippen molar-refractivity contribution in [2.75, 3.05) is 4.90 Å². The van der Waals surface area contributed by atoms with Crippen LogP contribution in [0.15, 0.2) is 71.7 Å². The van der Waals surface area contributed by atoms with E-state index in [2.05, 4.69) is 4.99 Å². The van der Waals surface area contributed by atoms with Gasteiger partial charge in [-0.15, -0.1) is 0 Å². The third-order valence-corrected chi connectivity index (χ3v) is 5.01. The van der Waals surface area contributed by atoms with Crippen molar-refractivity contribution >= 4 is 28.8 Å². The van der Waals surface area contributed by atoms with Gasteiger partial charge in [0.1, 0.15) is 11.4 Å². The van der Waals surface area contributed by atoms with Crippen molar-refractivity contribution in [2.45, 2.75) is 13.5 Å². The van der Waals surface area contributed by atoms with Crippen molar-refractivity contribution in [1.82, 2.24) is 0 Å². The van der Waals surface area contributed by atoms with Crippen LogP contribution in [0.1, 0.15) is 27.0 Å². The first-order valence-electron chi connectivity index (χ1n) is 9.33. The fourth-order valence-electron chi connectivity index (χ4n) is 3.45. The maximum Gasteiger partial charge on any atom is 0.289 e. The molecule has 154 valence electrons. The lowest BCUT2D eigenvalue weighted by atomic mass is 10.1. The van der Waals surface area contributed by atoms with Gasteiger partial charge in [0, 0.05) is 17.3 Å². The topological polar surface area (TPSA) is 119 Å². The summed E-state index contributed by atoms with van der Waals surface area (Å²) in [7, 11) is 0. The Balaban J connectivity index is 1.81. The first-order chi connectivity index (χ1) is 14.8.